The summed E-state index contributed by atoms with van der Waals surface area (Å²) in [6.45, 7) is 3.39. The number of ether oxygens (including phenoxy) is 2. The van der Waals surface area contributed by atoms with E-state index in [0.29, 0.717) is 5.56 Å². The van der Waals surface area contributed by atoms with Gasteiger partial charge in [0.1, 0.15) is 12.8 Å². The van der Waals surface area contributed by atoms with E-state index < -0.39 is 34.5 Å². The smallest absolute Gasteiger partial charge is 0.338 e. The van der Waals surface area contributed by atoms with Crippen LogP contribution in [-0.4, -0.2) is 56.9 Å². The highest BCUT2D eigenvalue weighted by atomic mass is 32.3. The van der Waals surface area contributed by atoms with Crippen LogP contribution in [0.2, 0.25) is 0 Å². The van der Waals surface area contributed by atoms with Crippen LogP contribution in [0, 0.1) is 5.41 Å². The second-order valence-corrected chi connectivity index (χ2v) is 8.41. The average Bonchev–Trinajstić information content (AvgIpc) is 2.84. The summed E-state index contributed by atoms with van der Waals surface area (Å²) in [7, 11) is -1.93. The topological polar surface area (TPSA) is 129 Å². The number of rotatable bonds is 6. The number of methoxy groups -OCH3 is 1. The van der Waals surface area contributed by atoms with Crippen molar-refractivity contribution in [3.8, 4) is 0 Å². The SMILES string of the molecule is COC(=O)C(C)(C)COC(=O)c1ccc(CN2CC(O)NS2(O)O)cc1. The molecule has 0 spiro atoms. The second-order valence-electron chi connectivity index (χ2n) is 6.62. The summed E-state index contributed by atoms with van der Waals surface area (Å²) < 4.78 is 33.1. The lowest BCUT2D eigenvalue weighted by atomic mass is 9.95. The lowest BCUT2D eigenvalue weighted by Gasteiger charge is -2.35. The molecule has 1 fully saturated rings. The van der Waals surface area contributed by atoms with Crippen LogP contribution in [0.25, 0.3) is 0 Å². The number of carbonyl (C=O) groups excluding carboxylic acids is 2. The van der Waals surface area contributed by atoms with Crippen LogP contribution < -0.4 is 4.72 Å². The maximum atomic E-state index is 12.1. The minimum atomic E-state index is -3.20. The number of carbonyl (C=O) groups is 2. The lowest BCUT2D eigenvalue weighted by Crippen LogP contribution is -2.31. The highest BCUT2D eigenvalue weighted by Gasteiger charge is 2.34. The Kier molecular flexibility index (Phi) is 6.27. The summed E-state index contributed by atoms with van der Waals surface area (Å²) in [5.41, 5.74) is 0.0929. The zero-order valence-corrected chi connectivity index (χ0v) is 15.7. The highest BCUT2D eigenvalue weighted by molar-refractivity contribution is 8.20. The van der Waals surface area contributed by atoms with Crippen molar-refractivity contribution in [3.05, 3.63) is 35.4 Å². The van der Waals surface area contributed by atoms with Gasteiger partial charge in [-0.3, -0.25) is 13.9 Å². The van der Waals surface area contributed by atoms with Crippen LogP contribution in [0.4, 0.5) is 0 Å². The van der Waals surface area contributed by atoms with Crippen molar-refractivity contribution in [2.24, 2.45) is 5.41 Å². The first-order valence-corrected chi connectivity index (χ1v) is 9.39. The van der Waals surface area contributed by atoms with Crippen LogP contribution >= 0.6 is 11.0 Å². The third-order valence-corrected chi connectivity index (χ3v) is 5.47. The van der Waals surface area contributed by atoms with Crippen LogP contribution in [-0.2, 0) is 20.8 Å². The maximum absolute atomic E-state index is 12.1. The zero-order chi connectivity index (χ0) is 19.5. The number of benzene rings is 1. The fraction of sp³-hybridized carbons (Fsp3) is 0.500. The first-order chi connectivity index (χ1) is 12.0. The molecule has 1 aromatic carbocycles. The zero-order valence-electron chi connectivity index (χ0n) is 14.8. The van der Waals surface area contributed by atoms with Gasteiger partial charge in [-0.15, -0.1) is 0 Å². The first kappa shape index (κ1) is 20.6. The van der Waals surface area contributed by atoms with E-state index in [2.05, 4.69) is 9.46 Å². The molecule has 4 N–H and O–H groups in total. The van der Waals surface area contributed by atoms with Gasteiger partial charge in [-0.05, 0) is 31.5 Å². The van der Waals surface area contributed by atoms with Crippen LogP contribution in [0.3, 0.4) is 0 Å². The Hall–Kier alpha value is -1.69. The molecule has 0 bridgehead atoms. The number of nitrogens with zero attached hydrogens (tertiary/aromatic N) is 1. The van der Waals surface area contributed by atoms with E-state index in [1.807, 2.05) is 0 Å². The van der Waals surface area contributed by atoms with Crippen molar-refractivity contribution >= 4 is 22.9 Å². The molecule has 1 atom stereocenters. The van der Waals surface area contributed by atoms with E-state index in [0.717, 1.165) is 5.56 Å². The van der Waals surface area contributed by atoms with Crippen LogP contribution in [0.1, 0.15) is 29.8 Å². The molecular weight excluding hydrogens is 364 g/mol. The molecule has 0 aromatic heterocycles. The molecule has 0 radical (unpaired) electrons. The van der Waals surface area contributed by atoms with Crippen molar-refractivity contribution in [1.82, 2.24) is 9.03 Å². The Morgan fingerprint density at radius 1 is 1.31 bits per heavy atom. The number of β-amino-alcohol motifs (C(OH)–C–C–N with tert-alkyl or cyclic N) is 1. The normalized spacial score (nSPS) is 21.2. The average molecular weight is 388 g/mol. The molecule has 2 rings (SSSR count). The van der Waals surface area contributed by atoms with E-state index >= 15 is 0 Å². The summed E-state index contributed by atoms with van der Waals surface area (Å²) >= 11 is 0. The van der Waals surface area contributed by atoms with Gasteiger partial charge < -0.3 is 14.6 Å². The van der Waals surface area contributed by atoms with Gasteiger partial charge in [0.05, 0.1) is 24.6 Å². The molecule has 0 aliphatic carbocycles. The Balaban J connectivity index is 1.94. The largest absolute Gasteiger partial charge is 0.469 e. The predicted molar refractivity (Wildman–Crippen MR) is 94.9 cm³/mol. The van der Waals surface area contributed by atoms with Crippen LogP contribution in [0.5, 0.6) is 0 Å². The summed E-state index contributed by atoms with van der Waals surface area (Å²) in [6.07, 6.45) is -1.01. The quantitative estimate of drug-likeness (QED) is 0.534. The number of esters is 2. The molecule has 10 heteroatoms. The van der Waals surface area contributed by atoms with E-state index in [9.17, 15) is 23.8 Å². The van der Waals surface area contributed by atoms with Gasteiger partial charge in [0, 0.05) is 6.54 Å². The molecule has 1 aliphatic rings. The number of hydrogen-bond acceptors (Lipinski definition) is 9. The predicted octanol–water partition coefficient (Wildman–Crippen LogP) is 1.35. The summed E-state index contributed by atoms with van der Waals surface area (Å²) in [5, 5.41) is 9.47. The van der Waals surface area contributed by atoms with Gasteiger partial charge >= 0.3 is 11.9 Å². The van der Waals surface area contributed by atoms with E-state index in [1.54, 1.807) is 38.1 Å². The molecule has 1 aromatic rings. The van der Waals surface area contributed by atoms with Gasteiger partial charge in [-0.2, -0.15) is 9.03 Å². The molecule has 1 unspecified atom stereocenters. The molecule has 26 heavy (non-hydrogen) atoms. The Labute approximate surface area is 153 Å². The third-order valence-electron chi connectivity index (χ3n) is 3.88. The van der Waals surface area contributed by atoms with E-state index in [1.165, 1.54) is 11.4 Å². The lowest BCUT2D eigenvalue weighted by molar-refractivity contribution is -0.152. The molecule has 0 amide bonds. The van der Waals surface area contributed by atoms with E-state index in [-0.39, 0.29) is 19.7 Å². The van der Waals surface area contributed by atoms with Gasteiger partial charge in [-0.25, -0.2) is 4.79 Å². The Morgan fingerprint density at radius 2 is 1.92 bits per heavy atom. The fourth-order valence-corrected chi connectivity index (χ4v) is 3.63. The molecule has 0 saturated carbocycles. The molecule has 1 heterocycles. The van der Waals surface area contributed by atoms with Crippen molar-refractivity contribution in [2.75, 3.05) is 20.3 Å². The van der Waals surface area contributed by atoms with Crippen molar-refractivity contribution in [3.63, 3.8) is 0 Å². The van der Waals surface area contributed by atoms with Crippen molar-refractivity contribution in [2.45, 2.75) is 26.6 Å². The Bertz CT molecular complexity index is 663. The summed E-state index contributed by atoms with van der Waals surface area (Å²) in [5.74, 6) is -1.04. The van der Waals surface area contributed by atoms with Gasteiger partial charge in [0.25, 0.3) is 0 Å². The Morgan fingerprint density at radius 3 is 2.42 bits per heavy atom. The van der Waals surface area contributed by atoms with Crippen LogP contribution in [0.15, 0.2) is 24.3 Å². The summed E-state index contributed by atoms with van der Waals surface area (Å²) in [4.78, 5) is 23.7. The number of nitrogens with one attached hydrogen (secondary N) is 1. The molecule has 1 aliphatic heterocycles. The second kappa shape index (κ2) is 7.91. The minimum absolute atomic E-state index is 0.0781. The van der Waals surface area contributed by atoms with E-state index in [4.69, 9.17) is 4.74 Å². The fourth-order valence-electron chi connectivity index (χ4n) is 2.36. The van der Waals surface area contributed by atoms with Crippen molar-refractivity contribution < 1.29 is 33.3 Å². The number of hydrogen-bond donors (Lipinski definition) is 4. The maximum Gasteiger partial charge on any atom is 0.338 e. The third kappa shape index (κ3) is 4.93. The van der Waals surface area contributed by atoms with Gasteiger partial charge in [0.2, 0.25) is 0 Å². The molecule has 9 nitrogen and oxygen atoms in total. The minimum Gasteiger partial charge on any atom is -0.469 e. The van der Waals surface area contributed by atoms with Crippen molar-refractivity contribution in [1.29, 1.82) is 0 Å². The molecular formula is C16H24N2O7S. The molecule has 146 valence electrons. The number of aliphatic hydroxyl groups is 1. The highest BCUT2D eigenvalue weighted by Crippen LogP contribution is 2.44. The van der Waals surface area contributed by atoms with Gasteiger partial charge in [-0.1, -0.05) is 23.1 Å². The number of aliphatic hydroxyl groups excluding tert-OH is 1. The monoisotopic (exact) mass is 388 g/mol. The first-order valence-electron chi connectivity index (χ1n) is 7.88. The molecule has 1 saturated heterocycles. The summed E-state index contributed by atoms with van der Waals surface area (Å²) in [6, 6.07) is 6.41. The standard InChI is InChI=1S/C16H24N2O7S/c1-16(2,15(21)24-3)10-25-14(20)12-6-4-11(5-7-12)8-18-9-13(19)17-26(18,22)23/h4-7,13,17,19,22-23H,8-10H2,1-3H3. The van der Waals surface area contributed by atoms with Gasteiger partial charge in [0.15, 0.2) is 0 Å².